The van der Waals surface area contributed by atoms with Crippen molar-refractivity contribution >= 4 is 10.0 Å². The lowest BCUT2D eigenvalue weighted by Crippen LogP contribution is -2.39. The van der Waals surface area contributed by atoms with E-state index < -0.39 is 21.8 Å². The molecule has 1 aromatic carbocycles. The van der Waals surface area contributed by atoms with E-state index in [0.29, 0.717) is 19.0 Å². The highest BCUT2D eigenvalue weighted by atomic mass is 32.2. The van der Waals surface area contributed by atoms with Crippen molar-refractivity contribution in [2.45, 2.75) is 37.3 Å². The number of sulfonamides is 1. The van der Waals surface area contributed by atoms with Gasteiger partial charge in [-0.1, -0.05) is 0 Å². The lowest BCUT2D eigenvalue weighted by molar-refractivity contribution is -0.137. The van der Waals surface area contributed by atoms with Gasteiger partial charge in [0.2, 0.25) is 10.0 Å². The summed E-state index contributed by atoms with van der Waals surface area (Å²) in [6.07, 6.45) is -1.91. The molecule has 8 heteroatoms. The van der Waals surface area contributed by atoms with Gasteiger partial charge in [0.1, 0.15) is 0 Å². The van der Waals surface area contributed by atoms with Crippen LogP contribution in [0.5, 0.6) is 0 Å². The van der Waals surface area contributed by atoms with Crippen molar-refractivity contribution in [3.05, 3.63) is 29.3 Å². The normalized spacial score (nSPS) is 18.0. The standard InChI is InChI=1S/C16H23F3N2O2S/c1-12-11-14(16(17,18)19)3-4-15(12)24(22,23)21-9-6-13(7-10-21)5-8-20-2/h3-4,11,13,20H,5-10H2,1-2H3. The molecule has 0 atom stereocenters. The highest BCUT2D eigenvalue weighted by Crippen LogP contribution is 2.33. The molecule has 1 aliphatic rings. The molecular weight excluding hydrogens is 341 g/mol. The number of piperidine rings is 1. The summed E-state index contributed by atoms with van der Waals surface area (Å²) < 4.78 is 65.0. The van der Waals surface area contributed by atoms with Crippen molar-refractivity contribution < 1.29 is 21.6 Å². The van der Waals surface area contributed by atoms with Crippen LogP contribution in [0.15, 0.2) is 23.1 Å². The van der Waals surface area contributed by atoms with Crippen LogP contribution in [-0.2, 0) is 16.2 Å². The Morgan fingerprint density at radius 3 is 2.38 bits per heavy atom. The van der Waals surface area contributed by atoms with E-state index in [4.69, 9.17) is 0 Å². The molecule has 1 saturated heterocycles. The predicted molar refractivity (Wildman–Crippen MR) is 86.2 cm³/mol. The highest BCUT2D eigenvalue weighted by molar-refractivity contribution is 7.89. The molecule has 0 spiro atoms. The first-order chi connectivity index (χ1) is 11.2. The molecule has 1 aromatic rings. The molecule has 4 nitrogen and oxygen atoms in total. The van der Waals surface area contributed by atoms with Crippen LogP contribution in [0, 0.1) is 12.8 Å². The number of aryl methyl sites for hydroxylation is 1. The fraction of sp³-hybridized carbons (Fsp3) is 0.625. The topological polar surface area (TPSA) is 49.4 Å². The van der Waals surface area contributed by atoms with Gasteiger partial charge in [0.15, 0.2) is 0 Å². The molecule has 0 aromatic heterocycles. The number of nitrogens with one attached hydrogen (secondary N) is 1. The molecule has 0 saturated carbocycles. The van der Waals surface area contributed by atoms with Crippen LogP contribution < -0.4 is 5.32 Å². The Morgan fingerprint density at radius 2 is 1.88 bits per heavy atom. The summed E-state index contributed by atoms with van der Waals surface area (Å²) in [5.41, 5.74) is -0.702. The number of hydrogen-bond acceptors (Lipinski definition) is 3. The molecule has 0 aliphatic carbocycles. The van der Waals surface area contributed by atoms with Gasteiger partial charge >= 0.3 is 6.18 Å². The maximum absolute atomic E-state index is 12.7. The minimum absolute atomic E-state index is 0.0378. The smallest absolute Gasteiger partial charge is 0.320 e. The van der Waals surface area contributed by atoms with E-state index in [1.54, 1.807) is 0 Å². The fourth-order valence-electron chi connectivity index (χ4n) is 3.04. The second-order valence-electron chi connectivity index (χ2n) is 6.22. The molecule has 0 unspecified atom stereocenters. The maximum atomic E-state index is 12.7. The van der Waals surface area contributed by atoms with E-state index in [1.807, 2.05) is 7.05 Å². The van der Waals surface area contributed by atoms with Crippen molar-refractivity contribution in [3.63, 3.8) is 0 Å². The summed E-state index contributed by atoms with van der Waals surface area (Å²) in [5.74, 6) is 0.484. The molecule has 1 heterocycles. The number of alkyl halides is 3. The Balaban J connectivity index is 2.14. The van der Waals surface area contributed by atoms with Crippen LogP contribution >= 0.6 is 0 Å². The molecule has 1 aliphatic heterocycles. The molecule has 1 N–H and O–H groups in total. The van der Waals surface area contributed by atoms with E-state index in [1.165, 1.54) is 11.2 Å². The van der Waals surface area contributed by atoms with Gasteiger partial charge in [0.25, 0.3) is 0 Å². The van der Waals surface area contributed by atoms with E-state index in [2.05, 4.69) is 5.32 Å². The molecular formula is C16H23F3N2O2S. The molecule has 0 radical (unpaired) electrons. The molecule has 24 heavy (non-hydrogen) atoms. The third kappa shape index (κ3) is 4.29. The zero-order valence-electron chi connectivity index (χ0n) is 13.9. The number of halogens is 3. The molecule has 0 amide bonds. The first-order valence-corrected chi connectivity index (χ1v) is 9.43. The Labute approximate surface area is 141 Å². The van der Waals surface area contributed by atoms with Crippen LogP contribution in [0.25, 0.3) is 0 Å². The Morgan fingerprint density at radius 1 is 1.25 bits per heavy atom. The van der Waals surface area contributed by atoms with Gasteiger partial charge in [0, 0.05) is 13.1 Å². The number of hydrogen-bond donors (Lipinski definition) is 1. The first-order valence-electron chi connectivity index (χ1n) is 7.99. The van der Waals surface area contributed by atoms with Crippen molar-refractivity contribution in [3.8, 4) is 0 Å². The van der Waals surface area contributed by atoms with E-state index in [0.717, 1.165) is 44.0 Å². The lowest BCUT2D eigenvalue weighted by atomic mass is 9.95. The highest BCUT2D eigenvalue weighted by Gasteiger charge is 2.34. The predicted octanol–water partition coefficient (Wildman–Crippen LogP) is 3.02. The third-order valence-corrected chi connectivity index (χ3v) is 6.56. The van der Waals surface area contributed by atoms with Crippen LogP contribution in [-0.4, -0.2) is 39.4 Å². The molecule has 136 valence electrons. The number of rotatable bonds is 5. The van der Waals surface area contributed by atoms with E-state index >= 15 is 0 Å². The number of nitrogens with zero attached hydrogens (tertiary/aromatic N) is 1. The monoisotopic (exact) mass is 364 g/mol. The van der Waals surface area contributed by atoms with Crippen molar-refractivity contribution in [1.82, 2.24) is 9.62 Å². The lowest BCUT2D eigenvalue weighted by Gasteiger charge is -2.31. The summed E-state index contributed by atoms with van der Waals surface area (Å²) in [5, 5.41) is 3.08. The fourth-order valence-corrected chi connectivity index (χ4v) is 4.72. The van der Waals surface area contributed by atoms with Crippen molar-refractivity contribution in [2.24, 2.45) is 5.92 Å². The van der Waals surface area contributed by atoms with E-state index in [-0.39, 0.29) is 10.5 Å². The van der Waals surface area contributed by atoms with Crippen LogP contribution in [0.2, 0.25) is 0 Å². The average Bonchev–Trinajstić information content (AvgIpc) is 2.52. The Bertz CT molecular complexity index is 666. The first kappa shape index (κ1) is 19.2. The molecule has 0 bridgehead atoms. The second-order valence-corrected chi connectivity index (χ2v) is 8.12. The third-order valence-electron chi connectivity index (χ3n) is 4.50. The van der Waals surface area contributed by atoms with Gasteiger partial charge < -0.3 is 5.32 Å². The quantitative estimate of drug-likeness (QED) is 0.874. The average molecular weight is 364 g/mol. The zero-order chi connectivity index (χ0) is 18.0. The van der Waals surface area contributed by atoms with Crippen LogP contribution in [0.1, 0.15) is 30.4 Å². The summed E-state index contributed by atoms with van der Waals surface area (Å²) in [6.45, 7) is 3.13. The van der Waals surface area contributed by atoms with Crippen LogP contribution in [0.3, 0.4) is 0 Å². The minimum atomic E-state index is -4.47. The number of benzene rings is 1. The largest absolute Gasteiger partial charge is 0.416 e. The van der Waals surface area contributed by atoms with Gasteiger partial charge in [-0.15, -0.1) is 0 Å². The summed E-state index contributed by atoms with van der Waals surface area (Å²) in [6, 6.07) is 2.80. The summed E-state index contributed by atoms with van der Waals surface area (Å²) >= 11 is 0. The van der Waals surface area contributed by atoms with Gasteiger partial charge in [-0.25, -0.2) is 8.42 Å². The summed E-state index contributed by atoms with van der Waals surface area (Å²) in [7, 11) is -1.87. The van der Waals surface area contributed by atoms with Gasteiger partial charge in [-0.3, -0.25) is 0 Å². The minimum Gasteiger partial charge on any atom is -0.320 e. The van der Waals surface area contributed by atoms with Crippen LogP contribution in [0.4, 0.5) is 13.2 Å². The van der Waals surface area contributed by atoms with E-state index in [9.17, 15) is 21.6 Å². The van der Waals surface area contributed by atoms with Crippen molar-refractivity contribution in [2.75, 3.05) is 26.7 Å². The van der Waals surface area contributed by atoms with Gasteiger partial charge in [-0.05, 0) is 69.5 Å². The Hall–Kier alpha value is -1.12. The second kappa shape index (κ2) is 7.41. The zero-order valence-corrected chi connectivity index (χ0v) is 14.7. The van der Waals surface area contributed by atoms with Gasteiger partial charge in [0.05, 0.1) is 10.5 Å². The Kier molecular flexibility index (Phi) is 5.93. The SMILES string of the molecule is CNCCC1CCN(S(=O)(=O)c2ccc(C(F)(F)F)cc2C)CC1. The maximum Gasteiger partial charge on any atom is 0.416 e. The molecule has 1 fully saturated rings. The van der Waals surface area contributed by atoms with Gasteiger partial charge in [-0.2, -0.15) is 17.5 Å². The molecule has 2 rings (SSSR count). The summed E-state index contributed by atoms with van der Waals surface area (Å²) in [4.78, 5) is -0.0378. The van der Waals surface area contributed by atoms with Crippen molar-refractivity contribution in [1.29, 1.82) is 0 Å².